The predicted octanol–water partition coefficient (Wildman–Crippen LogP) is 3.21. The van der Waals surface area contributed by atoms with Crippen LogP contribution in [-0.2, 0) is 25.7 Å². The lowest BCUT2D eigenvalue weighted by Crippen LogP contribution is -2.32. The van der Waals surface area contributed by atoms with E-state index in [1.807, 2.05) is 13.8 Å². The molecule has 0 saturated heterocycles. The first-order chi connectivity index (χ1) is 15.0. The molecule has 0 aliphatic heterocycles. The van der Waals surface area contributed by atoms with Crippen LogP contribution in [0.3, 0.4) is 0 Å². The molecule has 31 heavy (non-hydrogen) atoms. The predicted molar refractivity (Wildman–Crippen MR) is 119 cm³/mol. The number of urea groups is 1. The summed E-state index contributed by atoms with van der Waals surface area (Å²) in [6, 6.07) is 6.13. The summed E-state index contributed by atoms with van der Waals surface area (Å²) in [5.74, 6) is -1.88. The van der Waals surface area contributed by atoms with Gasteiger partial charge in [0.05, 0.1) is 6.92 Å². The first kappa shape index (κ1) is 24.2. The number of carbonyl (C=O) groups excluding carboxylic acids is 4. The van der Waals surface area contributed by atoms with Crippen molar-refractivity contribution >= 4 is 29.4 Å². The molecule has 1 aromatic carbocycles. The van der Waals surface area contributed by atoms with Crippen molar-refractivity contribution in [3.63, 3.8) is 0 Å². The zero-order chi connectivity index (χ0) is 24.3. The fraction of sp³-hybridized carbons (Fsp3) is 0.522. The number of hydrogen-bond donors (Lipinski definition) is 3. The zero-order valence-electron chi connectivity index (χ0n) is 19.5. The van der Waals surface area contributed by atoms with Crippen molar-refractivity contribution in [1.29, 1.82) is 0 Å². The van der Waals surface area contributed by atoms with E-state index < -0.39 is 30.2 Å². The molecule has 0 radical (unpaired) electrons. The van der Waals surface area contributed by atoms with Crippen LogP contribution in [0.25, 0.3) is 0 Å². The summed E-state index contributed by atoms with van der Waals surface area (Å²) in [4.78, 5) is 47.6. The van der Waals surface area contributed by atoms with Crippen molar-refractivity contribution < 1.29 is 25.3 Å². The summed E-state index contributed by atoms with van der Waals surface area (Å²) in [5.41, 5.74) is 6.33. The number of ketones is 1. The minimum Gasteiger partial charge on any atom is -0.461 e. The summed E-state index contributed by atoms with van der Waals surface area (Å²) in [6.45, 7) is 9.51. The highest BCUT2D eigenvalue weighted by atomic mass is 16.5. The van der Waals surface area contributed by atoms with Crippen LogP contribution in [0, 0.1) is 24.7 Å². The number of benzene rings is 1. The highest BCUT2D eigenvalue weighted by Crippen LogP contribution is 2.21. The van der Waals surface area contributed by atoms with Gasteiger partial charge in [-0.2, -0.15) is 0 Å². The number of carbonyl (C=O) groups is 4. The Morgan fingerprint density at radius 1 is 1.19 bits per heavy atom. The van der Waals surface area contributed by atoms with Crippen molar-refractivity contribution in [2.75, 3.05) is 11.9 Å². The molecule has 0 fully saturated rings. The third-order valence-electron chi connectivity index (χ3n) is 4.90. The second kappa shape index (κ2) is 13.3. The second-order valence-corrected chi connectivity index (χ2v) is 7.73. The molecule has 0 aromatic heterocycles. The van der Waals surface area contributed by atoms with Gasteiger partial charge in [0.25, 0.3) is 0 Å². The van der Waals surface area contributed by atoms with Crippen LogP contribution in [0.1, 0.15) is 53.4 Å². The first-order valence-corrected chi connectivity index (χ1v) is 10.4. The zero-order valence-corrected chi connectivity index (χ0v) is 18.5. The lowest BCUT2D eigenvalue weighted by Gasteiger charge is -2.18. The van der Waals surface area contributed by atoms with Crippen molar-refractivity contribution in [3.05, 3.63) is 36.8 Å². The monoisotopic (exact) mass is 434 g/mol. The van der Waals surface area contributed by atoms with Crippen LogP contribution in [-0.4, -0.2) is 30.2 Å². The Morgan fingerprint density at radius 2 is 1.84 bits per heavy atom. The van der Waals surface area contributed by atoms with Gasteiger partial charge in [0.15, 0.2) is 11.7 Å². The third-order valence-corrected chi connectivity index (χ3v) is 4.90. The van der Waals surface area contributed by atoms with Crippen LogP contribution < -0.4 is 16.4 Å². The average molecular weight is 435 g/mol. The minimum atomic E-state index is -0.944. The number of primary amides is 1. The molecule has 1 rings (SSSR count). The molecule has 8 nitrogen and oxygen atoms in total. The Morgan fingerprint density at radius 3 is 2.39 bits per heavy atom. The molecule has 0 bridgehead atoms. The third kappa shape index (κ3) is 10.0. The van der Waals surface area contributed by atoms with Gasteiger partial charge < -0.3 is 21.1 Å². The molecule has 0 aliphatic carbocycles. The lowest BCUT2D eigenvalue weighted by molar-refractivity contribution is -0.144. The largest absolute Gasteiger partial charge is 0.461 e. The Kier molecular flexibility index (Phi) is 10.4. The maximum atomic E-state index is 12.9. The molecular weight excluding hydrogens is 398 g/mol. The number of anilines is 1. The van der Waals surface area contributed by atoms with Crippen LogP contribution in [0.2, 0.25) is 0 Å². The molecule has 1 aromatic rings. The highest BCUT2D eigenvalue weighted by Gasteiger charge is 2.29. The van der Waals surface area contributed by atoms with E-state index in [1.165, 1.54) is 6.92 Å². The molecular formula is C23H34N3O5+. The van der Waals surface area contributed by atoms with E-state index in [2.05, 4.69) is 17.6 Å². The number of esters is 1. The van der Waals surface area contributed by atoms with E-state index in [9.17, 15) is 19.2 Å². The molecule has 4 N–H and O–H groups in total. The van der Waals surface area contributed by atoms with Gasteiger partial charge >= 0.3 is 12.0 Å². The van der Waals surface area contributed by atoms with Crippen molar-refractivity contribution in [1.82, 2.24) is 5.32 Å². The van der Waals surface area contributed by atoms with E-state index >= 15 is 0 Å². The fourth-order valence-corrected chi connectivity index (χ4v) is 2.82. The average Bonchev–Trinajstić information content (AvgIpc) is 2.73. The normalized spacial score (nSPS) is 14.1. The summed E-state index contributed by atoms with van der Waals surface area (Å²) < 4.78 is 12.3. The van der Waals surface area contributed by atoms with Gasteiger partial charge in [-0.1, -0.05) is 32.9 Å². The minimum absolute atomic E-state index is 0.0420. The van der Waals surface area contributed by atoms with Crippen molar-refractivity contribution in [3.8, 4) is 0 Å². The van der Waals surface area contributed by atoms with E-state index in [-0.39, 0.29) is 30.6 Å². The number of amides is 3. The van der Waals surface area contributed by atoms with Crippen LogP contribution in [0.4, 0.5) is 10.5 Å². The van der Waals surface area contributed by atoms with Gasteiger partial charge in [-0.25, -0.2) is 4.79 Å². The Hall–Kier alpha value is -3.03. The van der Waals surface area contributed by atoms with Crippen LogP contribution in [0.15, 0.2) is 24.3 Å². The van der Waals surface area contributed by atoms with Gasteiger partial charge in [-0.3, -0.25) is 14.4 Å². The van der Waals surface area contributed by atoms with Gasteiger partial charge in [-0.05, 0) is 30.5 Å². The van der Waals surface area contributed by atoms with E-state index in [0.29, 0.717) is 25.1 Å². The summed E-state index contributed by atoms with van der Waals surface area (Å²) in [6.07, 6.45) is 0.0205. The summed E-state index contributed by atoms with van der Waals surface area (Å²) in [5, 5.41) is 5.29. The van der Waals surface area contributed by atoms with Crippen molar-refractivity contribution in [2.24, 2.45) is 23.5 Å². The molecule has 3 amide bonds. The number of hydrogen-bond acceptors (Lipinski definition) is 5. The molecule has 0 aliphatic rings. The Bertz CT molecular complexity index is 780. The molecule has 0 saturated carbocycles. The summed E-state index contributed by atoms with van der Waals surface area (Å²) >= 11 is 0. The van der Waals surface area contributed by atoms with E-state index in [1.54, 1.807) is 24.3 Å². The molecule has 3 atom stereocenters. The number of nitrogens with one attached hydrogen (secondary N) is 2. The second-order valence-electron chi connectivity index (χ2n) is 7.73. The molecule has 0 spiro atoms. The van der Waals surface area contributed by atoms with Gasteiger partial charge in [0, 0.05) is 38.3 Å². The Labute approximate surface area is 185 Å². The first-order valence-electron chi connectivity index (χ1n) is 11.0. The topological polar surface area (TPSA) is 128 Å². The molecule has 8 heteroatoms. The van der Waals surface area contributed by atoms with E-state index in [4.69, 9.17) is 11.8 Å². The molecule has 170 valence electrons. The standard InChI is InChI=1S/C23H33N3O5/c1-5-21(28)31-14-17-8-10-19(11-9-17)26-22(29)18(7-6-12-25-23(24)30)13-20(27)16(4)15(2)3/h8-11,15-16,18H,4-7,12-14H2,1-3H3,(H3-,24,25,26,29,30)/p+1/t16-,18+/m0/s1/i5T/t5?,16-,18+. The maximum absolute atomic E-state index is 12.9. The molecule has 1 unspecified atom stereocenters. The smallest absolute Gasteiger partial charge is 0.312 e. The van der Waals surface area contributed by atoms with Gasteiger partial charge in [0.1, 0.15) is 6.61 Å². The number of Topliss-reactive ketones (excluding diaryl/α,β-unsaturated/α-hetero) is 1. The van der Waals surface area contributed by atoms with Crippen LogP contribution >= 0.6 is 0 Å². The lowest BCUT2D eigenvalue weighted by atomic mass is 9.86. The van der Waals surface area contributed by atoms with Gasteiger partial charge in [0.2, 0.25) is 5.91 Å². The summed E-state index contributed by atoms with van der Waals surface area (Å²) in [7, 11) is 0. The van der Waals surface area contributed by atoms with Gasteiger partial charge in [-0.15, -0.1) is 0 Å². The van der Waals surface area contributed by atoms with E-state index in [0.717, 1.165) is 5.56 Å². The number of ether oxygens (including phenoxy) is 1. The highest BCUT2D eigenvalue weighted by molar-refractivity contribution is 5.96. The molecule has 0 heterocycles. The maximum Gasteiger partial charge on any atom is 0.312 e. The number of nitrogens with two attached hydrogens (primary N) is 1. The fourth-order valence-electron chi connectivity index (χ4n) is 2.82. The van der Waals surface area contributed by atoms with Crippen LogP contribution in [0.5, 0.6) is 0 Å². The number of rotatable bonds is 13. The Balaban J connectivity index is 2.75. The quantitative estimate of drug-likeness (QED) is 0.249. The van der Waals surface area contributed by atoms with Crippen molar-refractivity contribution in [2.45, 2.75) is 53.0 Å². The SMILES string of the molecule is [3H]C(C)C(=O)OCc1ccc(NC(=O)[C@H](CCCNC(N)=O)CC(=O)[C@@H]([CH2+])C(C)C)cc1.